The molecule has 1 heterocycles. The van der Waals surface area contributed by atoms with Gasteiger partial charge in [0.05, 0.1) is 12.7 Å². The lowest BCUT2D eigenvalue weighted by Crippen LogP contribution is -2.44. The lowest BCUT2D eigenvalue weighted by Gasteiger charge is -2.32. The average Bonchev–Trinajstić information content (AvgIpc) is 2.16. The zero-order chi connectivity index (χ0) is 9.52. The van der Waals surface area contributed by atoms with Gasteiger partial charge < -0.3 is 15.2 Å². The van der Waals surface area contributed by atoms with Gasteiger partial charge in [-0.25, -0.2) is 0 Å². The summed E-state index contributed by atoms with van der Waals surface area (Å²) < 4.78 is 10.6. The molecule has 0 amide bonds. The highest BCUT2D eigenvalue weighted by atomic mass is 16.5. The van der Waals surface area contributed by atoms with Gasteiger partial charge in [0.25, 0.3) is 0 Å². The molecule has 78 valence electrons. The van der Waals surface area contributed by atoms with Crippen LogP contribution in [0.5, 0.6) is 0 Å². The normalized spacial score (nSPS) is 24.9. The molecule has 0 aromatic heterocycles. The standard InChI is InChI=1S/C9H20N2O2/c1-12-6-2-9-8-11(4-3-10)5-7-13-9/h9H,2-8,10H2,1H3. The van der Waals surface area contributed by atoms with Crippen molar-refractivity contribution in [2.24, 2.45) is 5.73 Å². The molecule has 1 aliphatic heterocycles. The summed E-state index contributed by atoms with van der Waals surface area (Å²) in [4.78, 5) is 2.35. The highest BCUT2D eigenvalue weighted by Crippen LogP contribution is 2.07. The summed E-state index contributed by atoms with van der Waals surface area (Å²) in [5.74, 6) is 0. The Morgan fingerprint density at radius 1 is 1.62 bits per heavy atom. The monoisotopic (exact) mass is 188 g/mol. The first-order valence-corrected chi connectivity index (χ1v) is 4.89. The van der Waals surface area contributed by atoms with Crippen molar-refractivity contribution in [3.8, 4) is 0 Å². The molecule has 1 aliphatic rings. The van der Waals surface area contributed by atoms with Crippen LogP contribution < -0.4 is 5.73 Å². The van der Waals surface area contributed by atoms with E-state index in [1.165, 1.54) is 0 Å². The zero-order valence-electron chi connectivity index (χ0n) is 8.37. The van der Waals surface area contributed by atoms with E-state index in [1.54, 1.807) is 7.11 Å². The number of rotatable bonds is 5. The average molecular weight is 188 g/mol. The summed E-state index contributed by atoms with van der Waals surface area (Å²) in [7, 11) is 1.72. The molecule has 13 heavy (non-hydrogen) atoms. The Balaban J connectivity index is 2.16. The fourth-order valence-corrected chi connectivity index (χ4v) is 1.59. The maximum Gasteiger partial charge on any atom is 0.0724 e. The third-order valence-corrected chi connectivity index (χ3v) is 2.31. The van der Waals surface area contributed by atoms with Gasteiger partial charge in [-0.1, -0.05) is 0 Å². The maximum absolute atomic E-state index is 5.59. The second-order valence-corrected chi connectivity index (χ2v) is 3.36. The molecule has 1 rings (SSSR count). The van der Waals surface area contributed by atoms with Crippen molar-refractivity contribution >= 4 is 0 Å². The number of ether oxygens (including phenoxy) is 2. The molecule has 1 saturated heterocycles. The van der Waals surface area contributed by atoms with E-state index in [0.717, 1.165) is 45.8 Å². The number of methoxy groups -OCH3 is 1. The summed E-state index contributed by atoms with van der Waals surface area (Å²) in [5.41, 5.74) is 5.50. The Morgan fingerprint density at radius 2 is 2.46 bits per heavy atom. The molecule has 1 unspecified atom stereocenters. The van der Waals surface area contributed by atoms with Gasteiger partial charge in [0.15, 0.2) is 0 Å². The highest BCUT2D eigenvalue weighted by molar-refractivity contribution is 4.71. The van der Waals surface area contributed by atoms with Crippen molar-refractivity contribution < 1.29 is 9.47 Å². The summed E-state index contributed by atoms with van der Waals surface area (Å²) in [6, 6.07) is 0. The molecule has 0 aromatic rings. The number of hydrogen-bond donors (Lipinski definition) is 1. The van der Waals surface area contributed by atoms with Crippen LogP contribution in [0, 0.1) is 0 Å². The fraction of sp³-hybridized carbons (Fsp3) is 1.00. The SMILES string of the molecule is COCCC1CN(CCN)CCO1. The number of nitrogens with two attached hydrogens (primary N) is 1. The molecule has 0 aromatic carbocycles. The summed E-state index contributed by atoms with van der Waals surface area (Å²) >= 11 is 0. The second kappa shape index (κ2) is 6.32. The Morgan fingerprint density at radius 3 is 3.15 bits per heavy atom. The van der Waals surface area contributed by atoms with Crippen molar-refractivity contribution in [1.82, 2.24) is 4.90 Å². The van der Waals surface area contributed by atoms with E-state index in [2.05, 4.69) is 4.90 Å². The Hall–Kier alpha value is -0.160. The van der Waals surface area contributed by atoms with Gasteiger partial charge in [0.2, 0.25) is 0 Å². The van der Waals surface area contributed by atoms with Crippen LogP contribution in [0.25, 0.3) is 0 Å². The topological polar surface area (TPSA) is 47.7 Å². The first kappa shape index (κ1) is 10.9. The lowest BCUT2D eigenvalue weighted by molar-refractivity contribution is -0.0396. The number of nitrogens with zero attached hydrogens (tertiary/aromatic N) is 1. The molecule has 0 radical (unpaired) electrons. The van der Waals surface area contributed by atoms with Crippen LogP contribution >= 0.6 is 0 Å². The summed E-state index contributed by atoms with van der Waals surface area (Å²) in [6.45, 7) is 5.33. The van der Waals surface area contributed by atoms with Crippen LogP contribution in [-0.2, 0) is 9.47 Å². The van der Waals surface area contributed by atoms with Crippen LogP contribution in [-0.4, -0.2) is 57.5 Å². The first-order valence-electron chi connectivity index (χ1n) is 4.89. The first-order chi connectivity index (χ1) is 6.36. The van der Waals surface area contributed by atoms with Gasteiger partial charge in [0, 0.05) is 39.9 Å². The molecule has 1 atom stereocenters. The minimum Gasteiger partial charge on any atom is -0.385 e. The maximum atomic E-state index is 5.59. The van der Waals surface area contributed by atoms with Gasteiger partial charge in [-0.2, -0.15) is 0 Å². The third kappa shape index (κ3) is 4.04. The van der Waals surface area contributed by atoms with Crippen LogP contribution in [0.3, 0.4) is 0 Å². The Kier molecular flexibility index (Phi) is 5.31. The van der Waals surface area contributed by atoms with Gasteiger partial charge in [-0.3, -0.25) is 4.90 Å². The smallest absolute Gasteiger partial charge is 0.0724 e. The molecule has 0 saturated carbocycles. The van der Waals surface area contributed by atoms with Gasteiger partial charge in [-0.15, -0.1) is 0 Å². The molecule has 4 heteroatoms. The molecule has 4 nitrogen and oxygen atoms in total. The molecule has 0 spiro atoms. The number of hydrogen-bond acceptors (Lipinski definition) is 4. The minimum absolute atomic E-state index is 0.334. The predicted octanol–water partition coefficient (Wildman–Crippen LogP) is -0.318. The molecule has 0 bridgehead atoms. The second-order valence-electron chi connectivity index (χ2n) is 3.36. The van der Waals surface area contributed by atoms with Crippen molar-refractivity contribution in [2.45, 2.75) is 12.5 Å². The van der Waals surface area contributed by atoms with E-state index in [-0.39, 0.29) is 0 Å². The predicted molar refractivity (Wildman–Crippen MR) is 51.7 cm³/mol. The Bertz CT molecular complexity index is 131. The van der Waals surface area contributed by atoms with Crippen LogP contribution in [0.4, 0.5) is 0 Å². The van der Waals surface area contributed by atoms with E-state index < -0.39 is 0 Å². The molecule has 1 fully saturated rings. The van der Waals surface area contributed by atoms with Crippen LogP contribution in [0.1, 0.15) is 6.42 Å². The molecular formula is C9H20N2O2. The van der Waals surface area contributed by atoms with E-state index in [9.17, 15) is 0 Å². The van der Waals surface area contributed by atoms with Crippen molar-refractivity contribution in [1.29, 1.82) is 0 Å². The molecular weight excluding hydrogens is 168 g/mol. The van der Waals surface area contributed by atoms with E-state index in [0.29, 0.717) is 6.10 Å². The van der Waals surface area contributed by atoms with Crippen LogP contribution in [0.2, 0.25) is 0 Å². The van der Waals surface area contributed by atoms with Crippen molar-refractivity contribution in [3.05, 3.63) is 0 Å². The van der Waals surface area contributed by atoms with E-state index in [1.807, 2.05) is 0 Å². The largest absolute Gasteiger partial charge is 0.385 e. The van der Waals surface area contributed by atoms with Crippen molar-refractivity contribution in [2.75, 3.05) is 46.5 Å². The molecule has 2 N–H and O–H groups in total. The summed E-state index contributed by atoms with van der Waals surface area (Å²) in [5, 5.41) is 0. The Labute approximate surface area is 80.0 Å². The third-order valence-electron chi connectivity index (χ3n) is 2.31. The van der Waals surface area contributed by atoms with E-state index >= 15 is 0 Å². The lowest BCUT2D eigenvalue weighted by atomic mass is 10.2. The molecule has 0 aliphatic carbocycles. The van der Waals surface area contributed by atoms with Gasteiger partial charge >= 0.3 is 0 Å². The summed E-state index contributed by atoms with van der Waals surface area (Å²) in [6.07, 6.45) is 1.32. The highest BCUT2D eigenvalue weighted by Gasteiger charge is 2.18. The van der Waals surface area contributed by atoms with Gasteiger partial charge in [-0.05, 0) is 6.42 Å². The quantitative estimate of drug-likeness (QED) is 0.642. The van der Waals surface area contributed by atoms with Gasteiger partial charge in [0.1, 0.15) is 0 Å². The zero-order valence-corrected chi connectivity index (χ0v) is 8.37. The number of morpholine rings is 1. The fourth-order valence-electron chi connectivity index (χ4n) is 1.59. The van der Waals surface area contributed by atoms with E-state index in [4.69, 9.17) is 15.2 Å². The minimum atomic E-state index is 0.334. The van der Waals surface area contributed by atoms with Crippen LogP contribution in [0.15, 0.2) is 0 Å². The van der Waals surface area contributed by atoms with Crippen molar-refractivity contribution in [3.63, 3.8) is 0 Å².